The van der Waals surface area contributed by atoms with Gasteiger partial charge in [-0.2, -0.15) is 5.10 Å². The van der Waals surface area contributed by atoms with E-state index in [2.05, 4.69) is 39.0 Å². The second-order valence-electron chi connectivity index (χ2n) is 9.19. The molecule has 182 valence electrons. The van der Waals surface area contributed by atoms with Gasteiger partial charge in [0.2, 0.25) is 0 Å². The highest BCUT2D eigenvalue weighted by atomic mass is 32.1. The van der Waals surface area contributed by atoms with Gasteiger partial charge in [0.25, 0.3) is 5.91 Å². The van der Waals surface area contributed by atoms with Crippen molar-refractivity contribution in [1.29, 1.82) is 0 Å². The van der Waals surface area contributed by atoms with Crippen LogP contribution in [0.2, 0.25) is 0 Å². The first-order valence-electron chi connectivity index (χ1n) is 11.9. The second-order valence-corrected chi connectivity index (χ2v) is 10.4. The third-order valence-electron chi connectivity index (χ3n) is 6.48. The molecule has 2 aliphatic rings. The molecule has 1 aliphatic heterocycles. The Morgan fingerprint density at radius 2 is 2.14 bits per heavy atom. The Labute approximate surface area is 212 Å². The summed E-state index contributed by atoms with van der Waals surface area (Å²) in [5.41, 5.74) is 5.74. The fourth-order valence-electron chi connectivity index (χ4n) is 4.55. The Bertz CT molecular complexity index is 1490. The molecule has 36 heavy (non-hydrogen) atoms. The van der Waals surface area contributed by atoms with Gasteiger partial charge in [0.05, 0.1) is 47.1 Å². The highest BCUT2D eigenvalue weighted by Gasteiger charge is 2.42. The average Bonchev–Trinajstić information content (AvgIpc) is 3.34. The summed E-state index contributed by atoms with van der Waals surface area (Å²) in [5, 5.41) is 15.2. The van der Waals surface area contributed by atoms with Crippen LogP contribution in [0.3, 0.4) is 0 Å². The predicted molar refractivity (Wildman–Crippen MR) is 140 cm³/mol. The smallest absolute Gasteiger partial charge is 0.267 e. The van der Waals surface area contributed by atoms with Crippen LogP contribution >= 0.6 is 11.3 Å². The summed E-state index contributed by atoms with van der Waals surface area (Å²) in [5.74, 6) is 0.543. The Balaban J connectivity index is 1.23. The molecule has 1 aliphatic carbocycles. The molecule has 3 atom stereocenters. The summed E-state index contributed by atoms with van der Waals surface area (Å²) in [6.07, 6.45) is 10.5. The number of hydrogen-bond acceptors (Lipinski definition) is 8. The lowest BCUT2D eigenvalue weighted by Crippen LogP contribution is -2.13. The first-order valence-corrected chi connectivity index (χ1v) is 12.7. The zero-order valence-electron chi connectivity index (χ0n) is 20.2. The van der Waals surface area contributed by atoms with E-state index >= 15 is 0 Å². The Hall–Kier alpha value is -3.89. The van der Waals surface area contributed by atoms with Gasteiger partial charge in [-0.1, -0.05) is 18.2 Å². The maximum absolute atomic E-state index is 12.6. The largest absolute Gasteiger partial charge is 0.362 e. The second kappa shape index (κ2) is 8.96. The number of aromatic nitrogens is 5. The van der Waals surface area contributed by atoms with E-state index in [1.807, 2.05) is 50.6 Å². The molecule has 3 aromatic heterocycles. The van der Waals surface area contributed by atoms with Crippen LogP contribution in [0.4, 0.5) is 11.5 Å². The molecule has 1 amide bonds. The van der Waals surface area contributed by atoms with E-state index in [1.165, 1.54) is 11.3 Å². The molecule has 0 spiro atoms. The van der Waals surface area contributed by atoms with Crippen LogP contribution in [-0.4, -0.2) is 36.7 Å². The van der Waals surface area contributed by atoms with Crippen molar-refractivity contribution in [2.24, 2.45) is 7.05 Å². The molecular formula is C26H26N8OS. The van der Waals surface area contributed by atoms with Crippen molar-refractivity contribution in [2.45, 2.75) is 38.4 Å². The topological polar surface area (TPSA) is 120 Å². The van der Waals surface area contributed by atoms with Crippen molar-refractivity contribution in [3.63, 3.8) is 0 Å². The van der Waals surface area contributed by atoms with Gasteiger partial charge in [-0.3, -0.25) is 14.5 Å². The van der Waals surface area contributed by atoms with Crippen LogP contribution < -0.4 is 16.0 Å². The normalized spacial score (nSPS) is 18.9. The van der Waals surface area contributed by atoms with E-state index in [4.69, 9.17) is 9.97 Å². The molecule has 10 heteroatoms. The quantitative estimate of drug-likeness (QED) is 0.340. The Kier molecular flexibility index (Phi) is 5.62. The number of rotatable bonds is 6. The van der Waals surface area contributed by atoms with Gasteiger partial charge >= 0.3 is 0 Å². The summed E-state index contributed by atoms with van der Waals surface area (Å²) in [4.78, 5) is 27.1. The fraction of sp³-hybridized carbons (Fsp3) is 0.269. The number of aryl methyl sites for hydroxylation is 2. The third kappa shape index (κ3) is 4.40. The van der Waals surface area contributed by atoms with Crippen molar-refractivity contribution < 1.29 is 4.79 Å². The van der Waals surface area contributed by atoms with Crippen LogP contribution in [0, 0.1) is 6.92 Å². The van der Waals surface area contributed by atoms with E-state index in [1.54, 1.807) is 17.1 Å². The number of carbonyl (C=O) groups excluding carboxylic acids is 1. The van der Waals surface area contributed by atoms with Crippen LogP contribution in [0.5, 0.6) is 0 Å². The molecule has 9 nitrogen and oxygen atoms in total. The van der Waals surface area contributed by atoms with E-state index in [0.29, 0.717) is 16.7 Å². The molecule has 1 saturated heterocycles. The number of benzene rings is 1. The van der Waals surface area contributed by atoms with Crippen molar-refractivity contribution >= 4 is 34.3 Å². The number of anilines is 2. The molecule has 0 radical (unpaired) electrons. The van der Waals surface area contributed by atoms with Gasteiger partial charge < -0.3 is 16.0 Å². The molecule has 4 aromatic rings. The molecule has 0 saturated carbocycles. The van der Waals surface area contributed by atoms with Crippen molar-refractivity contribution in [3.05, 3.63) is 87.5 Å². The standard InChI is InChI=1S/C26H26N8OS/c1-14(16-5-4-6-18(9-16)31-26(35)21-11-27-15(2)36-21)30-22-12-28-25-23(33-22)19(7-8-20-24(25)32-20)17-10-29-34(3)13-17/h4-7,9-14,20,24,32H,8H2,1-3H3,(H,30,33)(H,31,35)/t14-,20?,24?/m0/s1. The number of fused-ring (bicyclic) bond motifs is 3. The Morgan fingerprint density at radius 1 is 1.25 bits per heavy atom. The Morgan fingerprint density at radius 3 is 2.92 bits per heavy atom. The monoisotopic (exact) mass is 498 g/mol. The molecule has 3 N–H and O–H groups in total. The number of nitrogens with one attached hydrogen (secondary N) is 3. The third-order valence-corrected chi connectivity index (χ3v) is 7.39. The van der Waals surface area contributed by atoms with E-state index in [9.17, 15) is 4.79 Å². The van der Waals surface area contributed by atoms with E-state index < -0.39 is 0 Å². The fourth-order valence-corrected chi connectivity index (χ4v) is 5.22. The molecule has 6 rings (SSSR count). The minimum Gasteiger partial charge on any atom is -0.362 e. The number of amides is 1. The number of thiazole rings is 1. The molecule has 0 bridgehead atoms. The SMILES string of the molecule is Cc1ncc(C(=O)Nc2cccc([C@H](C)Nc3cnc4c(n3)C(c3cnn(C)c3)=CCC3NC43)c2)s1. The first kappa shape index (κ1) is 22.6. The minimum absolute atomic E-state index is 0.0525. The number of hydrogen-bond donors (Lipinski definition) is 3. The van der Waals surface area contributed by atoms with Crippen molar-refractivity contribution in [2.75, 3.05) is 10.6 Å². The van der Waals surface area contributed by atoms with Gasteiger partial charge in [0.15, 0.2) is 0 Å². The lowest BCUT2D eigenvalue weighted by Gasteiger charge is -2.18. The summed E-state index contributed by atoms with van der Waals surface area (Å²) >= 11 is 1.38. The van der Waals surface area contributed by atoms with Crippen LogP contribution in [0.1, 0.15) is 62.6 Å². The molecule has 1 fully saturated rings. The summed E-state index contributed by atoms with van der Waals surface area (Å²) in [6, 6.07) is 8.42. The summed E-state index contributed by atoms with van der Waals surface area (Å²) in [6.45, 7) is 3.95. The summed E-state index contributed by atoms with van der Waals surface area (Å²) < 4.78 is 1.80. The number of nitrogens with zero attached hydrogens (tertiary/aromatic N) is 5. The molecule has 1 aromatic carbocycles. The lowest BCUT2D eigenvalue weighted by atomic mass is 10.0. The maximum Gasteiger partial charge on any atom is 0.267 e. The lowest BCUT2D eigenvalue weighted by molar-refractivity contribution is 0.103. The van der Waals surface area contributed by atoms with E-state index in [0.717, 1.165) is 45.2 Å². The van der Waals surface area contributed by atoms with Gasteiger partial charge in [-0.05, 0) is 38.0 Å². The predicted octanol–water partition coefficient (Wildman–Crippen LogP) is 4.25. The maximum atomic E-state index is 12.6. The van der Waals surface area contributed by atoms with Gasteiger partial charge in [-0.25, -0.2) is 9.97 Å². The van der Waals surface area contributed by atoms with Gasteiger partial charge in [0, 0.05) is 36.1 Å². The molecule has 2 unspecified atom stereocenters. The van der Waals surface area contributed by atoms with Crippen molar-refractivity contribution in [3.8, 4) is 0 Å². The minimum atomic E-state index is -0.156. The zero-order chi connectivity index (χ0) is 24.8. The van der Waals surface area contributed by atoms with Crippen LogP contribution in [-0.2, 0) is 7.05 Å². The zero-order valence-corrected chi connectivity index (χ0v) is 21.0. The van der Waals surface area contributed by atoms with Crippen molar-refractivity contribution in [1.82, 2.24) is 30.0 Å². The molecule has 4 heterocycles. The average molecular weight is 499 g/mol. The van der Waals surface area contributed by atoms with E-state index in [-0.39, 0.29) is 18.0 Å². The van der Waals surface area contributed by atoms with Gasteiger partial charge in [-0.15, -0.1) is 11.3 Å². The summed E-state index contributed by atoms with van der Waals surface area (Å²) in [7, 11) is 1.92. The highest BCUT2D eigenvalue weighted by Crippen LogP contribution is 2.40. The first-order chi connectivity index (χ1) is 17.4. The number of carbonyl (C=O) groups is 1. The van der Waals surface area contributed by atoms with Crippen LogP contribution in [0.15, 0.2) is 55.1 Å². The van der Waals surface area contributed by atoms with Crippen LogP contribution in [0.25, 0.3) is 5.57 Å². The molecular weight excluding hydrogens is 472 g/mol. The highest BCUT2D eigenvalue weighted by molar-refractivity contribution is 7.13. The van der Waals surface area contributed by atoms with Gasteiger partial charge in [0.1, 0.15) is 10.7 Å².